The standard InChI is InChI=1S/C16H23BO5/c1-11(18)12-7-8-14(20-10-19-6)13(9-12)17-21-15(2,3)16(4,5)22-17/h7-9H,10H2,1-6H3. The van der Waals surface area contributed by atoms with Crippen LogP contribution in [0, 0.1) is 0 Å². The maximum absolute atomic E-state index is 11.6. The molecule has 1 aliphatic heterocycles. The molecule has 1 heterocycles. The summed E-state index contributed by atoms with van der Waals surface area (Å²) in [6.07, 6.45) is 0. The fourth-order valence-electron chi connectivity index (χ4n) is 2.18. The van der Waals surface area contributed by atoms with E-state index in [1.54, 1.807) is 25.3 Å². The van der Waals surface area contributed by atoms with E-state index in [0.717, 1.165) is 0 Å². The van der Waals surface area contributed by atoms with Gasteiger partial charge in [0.2, 0.25) is 0 Å². The van der Waals surface area contributed by atoms with Crippen LogP contribution in [0.25, 0.3) is 0 Å². The Hall–Kier alpha value is -1.37. The van der Waals surface area contributed by atoms with E-state index >= 15 is 0 Å². The molecule has 0 atom stereocenters. The van der Waals surface area contributed by atoms with Crippen molar-refractivity contribution >= 4 is 18.4 Å². The van der Waals surface area contributed by atoms with Crippen molar-refractivity contribution in [1.82, 2.24) is 0 Å². The molecule has 1 saturated heterocycles. The first-order chi connectivity index (χ1) is 10.2. The van der Waals surface area contributed by atoms with Crippen LogP contribution in [0.4, 0.5) is 0 Å². The van der Waals surface area contributed by atoms with Gasteiger partial charge in [-0.15, -0.1) is 0 Å². The second-order valence-corrected chi connectivity index (χ2v) is 6.45. The highest BCUT2D eigenvalue weighted by Gasteiger charge is 2.52. The molecule has 0 unspecified atom stereocenters. The average molecular weight is 306 g/mol. The summed E-state index contributed by atoms with van der Waals surface area (Å²) in [7, 11) is 0.967. The Labute approximate surface area is 132 Å². The van der Waals surface area contributed by atoms with Crippen LogP contribution in [-0.4, -0.2) is 38.0 Å². The van der Waals surface area contributed by atoms with Gasteiger partial charge in [0.15, 0.2) is 12.6 Å². The van der Waals surface area contributed by atoms with Crippen molar-refractivity contribution < 1.29 is 23.6 Å². The van der Waals surface area contributed by atoms with Crippen LogP contribution < -0.4 is 10.2 Å². The third-order valence-electron chi connectivity index (χ3n) is 4.26. The lowest BCUT2D eigenvalue weighted by molar-refractivity contribution is 0.00578. The van der Waals surface area contributed by atoms with Crippen molar-refractivity contribution in [3.05, 3.63) is 23.8 Å². The third kappa shape index (κ3) is 3.19. The minimum atomic E-state index is -0.587. The predicted molar refractivity (Wildman–Crippen MR) is 84.7 cm³/mol. The Balaban J connectivity index is 2.39. The first-order valence-corrected chi connectivity index (χ1v) is 7.30. The molecule has 0 aromatic heterocycles. The quantitative estimate of drug-likeness (QED) is 0.474. The van der Waals surface area contributed by atoms with E-state index < -0.39 is 18.3 Å². The summed E-state index contributed by atoms with van der Waals surface area (Å²) in [6.45, 7) is 9.58. The maximum Gasteiger partial charge on any atom is 0.498 e. The Morgan fingerprint density at radius 2 is 1.77 bits per heavy atom. The highest BCUT2D eigenvalue weighted by Crippen LogP contribution is 2.37. The van der Waals surface area contributed by atoms with Crippen LogP contribution in [0.2, 0.25) is 0 Å². The molecule has 0 N–H and O–H groups in total. The summed E-state index contributed by atoms with van der Waals surface area (Å²) in [5.74, 6) is 0.571. The minimum absolute atomic E-state index is 0.0175. The first kappa shape index (κ1) is 17.0. The third-order valence-corrected chi connectivity index (χ3v) is 4.26. The van der Waals surface area contributed by atoms with Gasteiger partial charge in [-0.1, -0.05) is 0 Å². The van der Waals surface area contributed by atoms with Gasteiger partial charge < -0.3 is 18.8 Å². The van der Waals surface area contributed by atoms with Crippen LogP contribution >= 0.6 is 0 Å². The molecule has 0 radical (unpaired) electrons. The van der Waals surface area contributed by atoms with Crippen molar-refractivity contribution in [2.75, 3.05) is 13.9 Å². The van der Waals surface area contributed by atoms with Gasteiger partial charge in [-0.3, -0.25) is 4.79 Å². The maximum atomic E-state index is 11.6. The number of Topliss-reactive ketones (excluding diaryl/α,β-unsaturated/α-hetero) is 1. The van der Waals surface area contributed by atoms with Gasteiger partial charge in [0.1, 0.15) is 5.75 Å². The van der Waals surface area contributed by atoms with E-state index in [-0.39, 0.29) is 12.6 Å². The summed E-state index contributed by atoms with van der Waals surface area (Å²) >= 11 is 0. The van der Waals surface area contributed by atoms with Crippen molar-refractivity contribution in [2.24, 2.45) is 0 Å². The van der Waals surface area contributed by atoms with Gasteiger partial charge in [-0.2, -0.15) is 0 Å². The zero-order valence-corrected chi connectivity index (χ0v) is 14.1. The molecule has 0 saturated carbocycles. The van der Waals surface area contributed by atoms with Gasteiger partial charge in [-0.25, -0.2) is 0 Å². The molecule has 0 aliphatic carbocycles. The molecule has 6 heteroatoms. The van der Waals surface area contributed by atoms with Gasteiger partial charge in [0.05, 0.1) is 11.2 Å². The van der Waals surface area contributed by atoms with Crippen LogP contribution in [0.5, 0.6) is 5.75 Å². The fourth-order valence-corrected chi connectivity index (χ4v) is 2.18. The lowest BCUT2D eigenvalue weighted by atomic mass is 9.77. The second-order valence-electron chi connectivity index (χ2n) is 6.45. The highest BCUT2D eigenvalue weighted by atomic mass is 16.7. The molecule has 2 rings (SSSR count). The SMILES string of the molecule is COCOc1ccc(C(C)=O)cc1B1OC(C)(C)C(C)(C)O1. The number of hydrogen-bond donors (Lipinski definition) is 0. The number of benzene rings is 1. The molecule has 5 nitrogen and oxygen atoms in total. The molecular weight excluding hydrogens is 283 g/mol. The molecule has 0 amide bonds. The van der Waals surface area contributed by atoms with E-state index in [1.165, 1.54) is 6.92 Å². The van der Waals surface area contributed by atoms with E-state index in [9.17, 15) is 4.79 Å². The lowest BCUT2D eigenvalue weighted by Gasteiger charge is -2.32. The second kappa shape index (κ2) is 6.03. The zero-order valence-electron chi connectivity index (χ0n) is 14.1. The van der Waals surface area contributed by atoms with Gasteiger partial charge in [0, 0.05) is 18.1 Å². The van der Waals surface area contributed by atoms with E-state index in [4.69, 9.17) is 18.8 Å². The topological polar surface area (TPSA) is 54.0 Å². The van der Waals surface area contributed by atoms with Crippen LogP contribution in [0.1, 0.15) is 45.0 Å². The van der Waals surface area contributed by atoms with Crippen molar-refractivity contribution in [3.8, 4) is 5.75 Å². The largest absolute Gasteiger partial charge is 0.498 e. The van der Waals surface area contributed by atoms with Crippen molar-refractivity contribution in [3.63, 3.8) is 0 Å². The summed E-state index contributed by atoms with van der Waals surface area (Å²) in [6, 6.07) is 5.23. The monoisotopic (exact) mass is 306 g/mol. The molecule has 0 spiro atoms. The molecule has 1 aromatic carbocycles. The van der Waals surface area contributed by atoms with Crippen LogP contribution in [0.15, 0.2) is 18.2 Å². The van der Waals surface area contributed by atoms with Crippen molar-refractivity contribution in [2.45, 2.75) is 45.8 Å². The number of hydrogen-bond acceptors (Lipinski definition) is 5. The number of carbonyl (C=O) groups is 1. The number of ketones is 1. The van der Waals surface area contributed by atoms with Gasteiger partial charge in [0.25, 0.3) is 0 Å². The molecule has 1 fully saturated rings. The Bertz CT molecular complexity index is 552. The Kier molecular flexibility index (Phi) is 4.66. The summed E-state index contributed by atoms with van der Waals surface area (Å²) < 4.78 is 22.6. The molecular formula is C16H23BO5. The van der Waals surface area contributed by atoms with Gasteiger partial charge in [-0.05, 0) is 52.8 Å². The summed E-state index contributed by atoms with van der Waals surface area (Å²) in [5, 5.41) is 0. The zero-order chi connectivity index (χ0) is 16.5. The van der Waals surface area contributed by atoms with E-state index in [0.29, 0.717) is 16.8 Å². The lowest BCUT2D eigenvalue weighted by Crippen LogP contribution is -2.41. The predicted octanol–water partition coefficient (Wildman–Crippen LogP) is 2.17. The number of carbonyl (C=O) groups excluding carboxylic acids is 1. The minimum Gasteiger partial charge on any atom is -0.468 e. The van der Waals surface area contributed by atoms with Crippen LogP contribution in [0.3, 0.4) is 0 Å². The Morgan fingerprint density at radius 3 is 2.27 bits per heavy atom. The van der Waals surface area contributed by atoms with Crippen LogP contribution in [-0.2, 0) is 14.0 Å². The van der Waals surface area contributed by atoms with Gasteiger partial charge >= 0.3 is 7.12 Å². The number of rotatable bonds is 5. The Morgan fingerprint density at radius 1 is 1.18 bits per heavy atom. The smallest absolute Gasteiger partial charge is 0.468 e. The van der Waals surface area contributed by atoms with E-state index in [1.807, 2.05) is 27.7 Å². The molecule has 0 bridgehead atoms. The molecule has 1 aliphatic rings. The van der Waals surface area contributed by atoms with Crippen molar-refractivity contribution in [1.29, 1.82) is 0 Å². The highest BCUT2D eigenvalue weighted by molar-refractivity contribution is 6.63. The molecule has 22 heavy (non-hydrogen) atoms. The normalized spacial score (nSPS) is 19.3. The number of ether oxygens (including phenoxy) is 2. The fraction of sp³-hybridized carbons (Fsp3) is 0.562. The molecule has 1 aromatic rings. The average Bonchev–Trinajstić information content (AvgIpc) is 2.64. The first-order valence-electron chi connectivity index (χ1n) is 7.30. The van der Waals surface area contributed by atoms with E-state index in [2.05, 4.69) is 0 Å². The summed E-state index contributed by atoms with van der Waals surface area (Å²) in [4.78, 5) is 11.6. The summed E-state index contributed by atoms with van der Waals surface area (Å²) in [5.41, 5.74) is 0.378. The molecule has 120 valence electrons. The number of methoxy groups -OCH3 is 1.